The van der Waals surface area contributed by atoms with Crippen molar-refractivity contribution < 1.29 is 9.84 Å². The van der Waals surface area contributed by atoms with Crippen LogP contribution in [0.2, 0.25) is 5.02 Å². The molecule has 2 aliphatic heterocycles. The first-order valence-corrected chi connectivity index (χ1v) is 7.91. The second-order valence-electron chi connectivity index (χ2n) is 6.46. The van der Waals surface area contributed by atoms with Crippen LogP contribution in [0.1, 0.15) is 12.0 Å². The molecule has 4 nitrogen and oxygen atoms in total. The summed E-state index contributed by atoms with van der Waals surface area (Å²) in [4.78, 5) is 4.54. The number of hydrogen-bond acceptors (Lipinski definition) is 4. The predicted octanol–water partition coefficient (Wildman–Crippen LogP) is 1.64. The molecule has 0 radical (unpaired) electrons. The predicted molar refractivity (Wildman–Crippen MR) is 84.1 cm³/mol. The minimum absolute atomic E-state index is 0.161. The van der Waals surface area contributed by atoms with E-state index in [2.05, 4.69) is 23.9 Å². The van der Waals surface area contributed by atoms with Crippen LogP contribution < -0.4 is 4.74 Å². The van der Waals surface area contributed by atoms with Crippen molar-refractivity contribution in [2.45, 2.75) is 31.1 Å². The van der Waals surface area contributed by atoms with E-state index in [1.54, 1.807) is 0 Å². The molecule has 3 unspecified atom stereocenters. The summed E-state index contributed by atoms with van der Waals surface area (Å²) in [6, 6.07) is 6.23. The van der Waals surface area contributed by atoms with Crippen LogP contribution in [0.5, 0.6) is 5.75 Å². The number of hydrogen-bond donors (Lipinski definition) is 1. The Hall–Kier alpha value is -0.810. The summed E-state index contributed by atoms with van der Waals surface area (Å²) in [5, 5.41) is 10.7. The summed E-state index contributed by atoms with van der Waals surface area (Å²) in [5.74, 6) is 0.952. The number of halogens is 1. The summed E-state index contributed by atoms with van der Waals surface area (Å²) in [5.41, 5.74) is 1.19. The van der Waals surface area contributed by atoms with Crippen LogP contribution in [0.4, 0.5) is 0 Å². The fraction of sp³-hybridized carbons (Fsp3) is 0.625. The summed E-state index contributed by atoms with van der Waals surface area (Å²) >= 11 is 6.04. The maximum Gasteiger partial charge on any atom is 0.123 e. The Morgan fingerprint density at radius 3 is 3.00 bits per heavy atom. The van der Waals surface area contributed by atoms with Crippen LogP contribution in [0, 0.1) is 0 Å². The van der Waals surface area contributed by atoms with E-state index < -0.39 is 0 Å². The molecule has 1 aromatic carbocycles. The first kappa shape index (κ1) is 15.1. The molecule has 21 heavy (non-hydrogen) atoms. The second kappa shape index (κ2) is 6.13. The largest absolute Gasteiger partial charge is 0.488 e. The van der Waals surface area contributed by atoms with Crippen LogP contribution in [0.25, 0.3) is 0 Å². The van der Waals surface area contributed by atoms with Crippen molar-refractivity contribution in [2.24, 2.45) is 0 Å². The van der Waals surface area contributed by atoms with Gasteiger partial charge in [0.25, 0.3) is 0 Å². The Morgan fingerprint density at radius 2 is 2.24 bits per heavy atom. The van der Waals surface area contributed by atoms with E-state index in [1.807, 2.05) is 18.2 Å². The van der Waals surface area contributed by atoms with Crippen molar-refractivity contribution >= 4 is 11.6 Å². The number of fused-ring (bicyclic) bond motifs is 1. The highest BCUT2D eigenvalue weighted by atomic mass is 35.5. The van der Waals surface area contributed by atoms with E-state index in [-0.39, 0.29) is 12.2 Å². The number of ether oxygens (including phenoxy) is 1. The highest BCUT2D eigenvalue weighted by Gasteiger charge is 2.34. The zero-order chi connectivity index (χ0) is 15.0. The van der Waals surface area contributed by atoms with Crippen LogP contribution in [-0.4, -0.2) is 66.9 Å². The summed E-state index contributed by atoms with van der Waals surface area (Å²) in [7, 11) is 4.15. The Bertz CT molecular complexity index is 509. The lowest BCUT2D eigenvalue weighted by Crippen LogP contribution is -2.42. The second-order valence-corrected chi connectivity index (χ2v) is 6.89. The molecule has 1 saturated heterocycles. The zero-order valence-electron chi connectivity index (χ0n) is 12.6. The number of aliphatic hydroxyl groups excluding tert-OH is 1. The standard InChI is InChI=1S/C16H23ClN2O2/c1-18(2)8-13-7-14(20)9-19(13)10-15-6-11-5-12(17)3-4-16(11)21-15/h3-5,13-15,20H,6-10H2,1-2H3. The average Bonchev–Trinajstić information content (AvgIpc) is 2.92. The van der Waals surface area contributed by atoms with Crippen molar-refractivity contribution in [3.63, 3.8) is 0 Å². The van der Waals surface area contributed by atoms with Gasteiger partial charge in [0.2, 0.25) is 0 Å². The molecule has 0 amide bonds. The quantitative estimate of drug-likeness (QED) is 0.917. The van der Waals surface area contributed by atoms with Crippen LogP contribution >= 0.6 is 11.6 Å². The fourth-order valence-electron chi connectivity index (χ4n) is 3.44. The van der Waals surface area contributed by atoms with Gasteiger partial charge >= 0.3 is 0 Å². The number of aliphatic hydroxyl groups is 1. The van der Waals surface area contributed by atoms with Gasteiger partial charge in [0.05, 0.1) is 6.10 Å². The molecular weight excluding hydrogens is 288 g/mol. The summed E-state index contributed by atoms with van der Waals surface area (Å²) < 4.78 is 6.02. The molecule has 3 rings (SSSR count). The van der Waals surface area contributed by atoms with E-state index in [0.717, 1.165) is 43.2 Å². The Kier molecular flexibility index (Phi) is 4.41. The van der Waals surface area contributed by atoms with Crippen molar-refractivity contribution in [2.75, 3.05) is 33.7 Å². The molecule has 0 aromatic heterocycles. The first-order chi connectivity index (χ1) is 10.0. The Labute approximate surface area is 131 Å². The maximum atomic E-state index is 9.95. The van der Waals surface area contributed by atoms with Gasteiger partial charge in [-0.05, 0) is 44.3 Å². The third-order valence-electron chi connectivity index (χ3n) is 4.28. The topological polar surface area (TPSA) is 35.9 Å². The molecule has 5 heteroatoms. The maximum absolute atomic E-state index is 9.95. The molecule has 0 saturated carbocycles. The van der Waals surface area contributed by atoms with Gasteiger partial charge < -0.3 is 14.7 Å². The SMILES string of the molecule is CN(C)CC1CC(O)CN1CC1Cc2cc(Cl)ccc2O1. The molecule has 0 aliphatic carbocycles. The van der Waals surface area contributed by atoms with Gasteiger partial charge in [-0.15, -0.1) is 0 Å². The smallest absolute Gasteiger partial charge is 0.123 e. The Morgan fingerprint density at radius 1 is 1.43 bits per heavy atom. The monoisotopic (exact) mass is 310 g/mol. The number of rotatable bonds is 4. The molecule has 2 heterocycles. The molecule has 2 aliphatic rings. The highest BCUT2D eigenvalue weighted by molar-refractivity contribution is 6.30. The third-order valence-corrected chi connectivity index (χ3v) is 4.52. The van der Waals surface area contributed by atoms with Gasteiger partial charge in [-0.2, -0.15) is 0 Å². The Balaban J connectivity index is 1.62. The van der Waals surface area contributed by atoms with Crippen molar-refractivity contribution in [3.8, 4) is 5.75 Å². The summed E-state index contributed by atoms with van der Waals surface area (Å²) in [6.07, 6.45) is 1.70. The first-order valence-electron chi connectivity index (χ1n) is 7.53. The number of nitrogens with zero attached hydrogens (tertiary/aromatic N) is 2. The lowest BCUT2D eigenvalue weighted by molar-refractivity contribution is 0.120. The van der Waals surface area contributed by atoms with E-state index >= 15 is 0 Å². The fourth-order valence-corrected chi connectivity index (χ4v) is 3.64. The number of likely N-dealkylation sites (N-methyl/N-ethyl adjacent to an activating group) is 1. The van der Waals surface area contributed by atoms with Crippen LogP contribution in [0.15, 0.2) is 18.2 Å². The number of benzene rings is 1. The molecule has 0 spiro atoms. The van der Waals surface area contributed by atoms with E-state index in [9.17, 15) is 5.11 Å². The zero-order valence-corrected chi connectivity index (χ0v) is 13.4. The number of β-amino-alcohol motifs (C(OH)–C–C–N with tert-alkyl or cyclic N) is 1. The van der Waals surface area contributed by atoms with Gasteiger partial charge in [-0.3, -0.25) is 4.90 Å². The molecule has 1 fully saturated rings. The average molecular weight is 311 g/mol. The van der Waals surface area contributed by atoms with Crippen LogP contribution in [-0.2, 0) is 6.42 Å². The van der Waals surface area contributed by atoms with E-state index in [4.69, 9.17) is 16.3 Å². The molecule has 3 atom stereocenters. The van der Waals surface area contributed by atoms with Gasteiger partial charge in [0, 0.05) is 37.1 Å². The molecule has 116 valence electrons. The highest BCUT2D eigenvalue weighted by Crippen LogP contribution is 2.32. The normalized spacial score (nSPS) is 28.9. The molecule has 0 bridgehead atoms. The minimum Gasteiger partial charge on any atom is -0.488 e. The third kappa shape index (κ3) is 3.51. The van der Waals surface area contributed by atoms with Crippen molar-refractivity contribution in [3.05, 3.63) is 28.8 Å². The lowest BCUT2D eigenvalue weighted by Gasteiger charge is -2.28. The van der Waals surface area contributed by atoms with Crippen LogP contribution in [0.3, 0.4) is 0 Å². The van der Waals surface area contributed by atoms with Crippen molar-refractivity contribution in [1.82, 2.24) is 9.80 Å². The van der Waals surface area contributed by atoms with E-state index in [0.29, 0.717) is 6.04 Å². The summed E-state index contributed by atoms with van der Waals surface area (Å²) in [6.45, 7) is 2.58. The van der Waals surface area contributed by atoms with Gasteiger partial charge in [-0.1, -0.05) is 11.6 Å². The molecule has 1 N–H and O–H groups in total. The minimum atomic E-state index is -0.215. The van der Waals surface area contributed by atoms with Gasteiger partial charge in [0.1, 0.15) is 11.9 Å². The molecular formula is C16H23ClN2O2. The van der Waals surface area contributed by atoms with Crippen molar-refractivity contribution in [1.29, 1.82) is 0 Å². The lowest BCUT2D eigenvalue weighted by atomic mass is 10.1. The van der Waals surface area contributed by atoms with Gasteiger partial charge in [-0.25, -0.2) is 0 Å². The van der Waals surface area contributed by atoms with Gasteiger partial charge in [0.15, 0.2) is 0 Å². The molecule has 1 aromatic rings. The van der Waals surface area contributed by atoms with E-state index in [1.165, 1.54) is 5.56 Å². The number of likely N-dealkylation sites (tertiary alicyclic amines) is 1.